The summed E-state index contributed by atoms with van der Waals surface area (Å²) in [5.41, 5.74) is 5.50. The normalized spacial score (nSPS) is 10.0. The van der Waals surface area contributed by atoms with Crippen molar-refractivity contribution >= 4 is 5.91 Å². The van der Waals surface area contributed by atoms with Gasteiger partial charge in [-0.15, -0.1) is 0 Å². The molecule has 0 bridgehead atoms. The van der Waals surface area contributed by atoms with Crippen LogP contribution in [0.2, 0.25) is 0 Å². The third kappa shape index (κ3) is 3.58. The molecular weight excluding hydrogens is 197 g/mol. The number of ether oxygens (including phenoxy) is 1. The lowest BCUT2D eigenvalue weighted by atomic mass is 10.2. The highest BCUT2D eigenvalue weighted by Crippen LogP contribution is 2.19. The van der Waals surface area contributed by atoms with E-state index in [4.69, 9.17) is 10.5 Å². The fourth-order valence-corrected chi connectivity index (χ4v) is 1.16. The van der Waals surface area contributed by atoms with Crippen molar-refractivity contribution in [3.8, 4) is 5.75 Å². The van der Waals surface area contributed by atoms with E-state index in [0.29, 0.717) is 18.6 Å². The Balaban J connectivity index is 2.44. The molecule has 1 aromatic carbocycles. The second-order valence-corrected chi connectivity index (χ2v) is 3.31. The van der Waals surface area contributed by atoms with Crippen molar-refractivity contribution in [2.45, 2.75) is 19.8 Å². The van der Waals surface area contributed by atoms with Crippen LogP contribution in [0.5, 0.6) is 5.75 Å². The number of carbonyl (C=O) groups is 1. The third-order valence-corrected chi connectivity index (χ3v) is 1.98. The van der Waals surface area contributed by atoms with Crippen LogP contribution in [0.25, 0.3) is 0 Å². The summed E-state index contributed by atoms with van der Waals surface area (Å²) in [6, 6.07) is 4.96. The quantitative estimate of drug-likeness (QED) is 0.755. The molecule has 0 saturated heterocycles. The van der Waals surface area contributed by atoms with Gasteiger partial charge < -0.3 is 10.5 Å². The number of carbonyl (C=O) groups excluding carboxylic acids is 1. The van der Waals surface area contributed by atoms with Crippen molar-refractivity contribution in [2.75, 3.05) is 6.61 Å². The minimum Gasteiger partial charge on any atom is -0.490 e. The Morgan fingerprint density at radius 2 is 2.27 bits per heavy atom. The molecule has 1 rings (SSSR count). The maximum Gasteiger partial charge on any atom is 0.217 e. The minimum atomic E-state index is -0.372. The molecule has 0 aliphatic rings. The highest BCUT2D eigenvalue weighted by Gasteiger charge is 2.05. The number of benzene rings is 1. The number of hydrogen-bond acceptors (Lipinski definition) is 2. The number of primary amides is 1. The molecule has 0 fully saturated rings. The Labute approximate surface area is 88.0 Å². The number of halogens is 1. The molecule has 2 N–H and O–H groups in total. The second kappa shape index (κ2) is 5.34. The summed E-state index contributed by atoms with van der Waals surface area (Å²) in [6.07, 6.45) is 0.760. The molecule has 82 valence electrons. The number of aryl methyl sites for hydroxylation is 1. The first-order valence-corrected chi connectivity index (χ1v) is 4.77. The van der Waals surface area contributed by atoms with E-state index in [1.807, 2.05) is 0 Å². The summed E-state index contributed by atoms with van der Waals surface area (Å²) in [6.45, 7) is 1.97. The van der Waals surface area contributed by atoms with Gasteiger partial charge in [0.1, 0.15) is 0 Å². The Morgan fingerprint density at radius 1 is 1.53 bits per heavy atom. The van der Waals surface area contributed by atoms with Gasteiger partial charge in [-0.1, -0.05) is 12.1 Å². The second-order valence-electron chi connectivity index (χ2n) is 3.31. The van der Waals surface area contributed by atoms with Crippen molar-refractivity contribution in [2.24, 2.45) is 5.73 Å². The third-order valence-electron chi connectivity index (χ3n) is 1.98. The van der Waals surface area contributed by atoms with Crippen LogP contribution in [0, 0.1) is 12.7 Å². The molecule has 0 saturated carbocycles. The van der Waals surface area contributed by atoms with E-state index in [9.17, 15) is 9.18 Å². The molecule has 0 aliphatic carbocycles. The summed E-state index contributed by atoms with van der Waals surface area (Å²) in [5.74, 6) is -0.501. The van der Waals surface area contributed by atoms with Gasteiger partial charge in [0.25, 0.3) is 0 Å². The largest absolute Gasteiger partial charge is 0.490 e. The number of hydrogen-bond donors (Lipinski definition) is 1. The van der Waals surface area contributed by atoms with E-state index in [0.717, 1.165) is 0 Å². The SMILES string of the molecule is Cc1cccc(OCCCC(N)=O)c1F. The van der Waals surface area contributed by atoms with Crippen LogP contribution in [-0.4, -0.2) is 12.5 Å². The van der Waals surface area contributed by atoms with Crippen LogP contribution in [0.15, 0.2) is 18.2 Å². The molecule has 0 radical (unpaired) electrons. The molecule has 1 amide bonds. The average molecular weight is 211 g/mol. The lowest BCUT2D eigenvalue weighted by Crippen LogP contribution is -2.12. The van der Waals surface area contributed by atoms with Crippen LogP contribution in [0.4, 0.5) is 4.39 Å². The molecule has 0 spiro atoms. The van der Waals surface area contributed by atoms with E-state index in [2.05, 4.69) is 0 Å². The monoisotopic (exact) mass is 211 g/mol. The Morgan fingerprint density at radius 3 is 2.93 bits per heavy atom. The predicted molar refractivity (Wildman–Crippen MR) is 55.1 cm³/mol. The van der Waals surface area contributed by atoms with Gasteiger partial charge in [0.2, 0.25) is 5.91 Å². The van der Waals surface area contributed by atoms with Gasteiger partial charge >= 0.3 is 0 Å². The summed E-state index contributed by atoms with van der Waals surface area (Å²) >= 11 is 0. The molecule has 0 aliphatic heterocycles. The van der Waals surface area contributed by atoms with Gasteiger partial charge in [-0.2, -0.15) is 0 Å². The Kier molecular flexibility index (Phi) is 4.09. The Bertz CT molecular complexity index is 352. The van der Waals surface area contributed by atoms with Crippen molar-refractivity contribution in [1.29, 1.82) is 0 Å². The molecule has 4 heteroatoms. The lowest BCUT2D eigenvalue weighted by molar-refractivity contribution is -0.118. The topological polar surface area (TPSA) is 52.3 Å². The molecule has 0 atom stereocenters. The molecule has 15 heavy (non-hydrogen) atoms. The summed E-state index contributed by atoms with van der Waals surface area (Å²) in [7, 11) is 0. The van der Waals surface area contributed by atoms with Gasteiger partial charge in [-0.3, -0.25) is 4.79 Å². The Hall–Kier alpha value is -1.58. The molecule has 0 heterocycles. The van der Waals surface area contributed by atoms with Gasteiger partial charge in [0.15, 0.2) is 11.6 Å². The highest BCUT2D eigenvalue weighted by molar-refractivity contribution is 5.73. The zero-order valence-corrected chi connectivity index (χ0v) is 8.63. The van der Waals surface area contributed by atoms with Crippen LogP contribution < -0.4 is 10.5 Å². The fourth-order valence-electron chi connectivity index (χ4n) is 1.16. The molecule has 1 aromatic rings. The van der Waals surface area contributed by atoms with Gasteiger partial charge in [-0.25, -0.2) is 4.39 Å². The van der Waals surface area contributed by atoms with Crippen molar-refractivity contribution in [3.63, 3.8) is 0 Å². The summed E-state index contributed by atoms with van der Waals surface area (Å²) < 4.78 is 18.6. The van der Waals surface area contributed by atoms with E-state index in [1.165, 1.54) is 0 Å². The van der Waals surface area contributed by atoms with Gasteiger partial charge in [0, 0.05) is 6.42 Å². The number of rotatable bonds is 5. The van der Waals surface area contributed by atoms with Crippen LogP contribution >= 0.6 is 0 Å². The summed E-state index contributed by atoms with van der Waals surface area (Å²) in [4.78, 5) is 10.4. The van der Waals surface area contributed by atoms with Crippen molar-refractivity contribution in [1.82, 2.24) is 0 Å². The van der Waals surface area contributed by atoms with Crippen molar-refractivity contribution in [3.05, 3.63) is 29.6 Å². The van der Waals surface area contributed by atoms with Gasteiger partial charge in [-0.05, 0) is 25.0 Å². The maximum atomic E-state index is 13.4. The standard InChI is InChI=1S/C11H14FNO2/c1-8-4-2-5-9(11(8)12)15-7-3-6-10(13)14/h2,4-5H,3,6-7H2,1H3,(H2,13,14). The first-order valence-electron chi connectivity index (χ1n) is 4.77. The molecule has 0 unspecified atom stereocenters. The minimum absolute atomic E-state index is 0.222. The first-order chi connectivity index (χ1) is 7.11. The van der Waals surface area contributed by atoms with Crippen molar-refractivity contribution < 1.29 is 13.9 Å². The molecular formula is C11H14FNO2. The average Bonchev–Trinajstić information content (AvgIpc) is 2.18. The summed E-state index contributed by atoms with van der Waals surface area (Å²) in [5, 5.41) is 0. The lowest BCUT2D eigenvalue weighted by Gasteiger charge is -2.07. The van der Waals surface area contributed by atoms with E-state index >= 15 is 0 Å². The zero-order valence-electron chi connectivity index (χ0n) is 8.63. The van der Waals surface area contributed by atoms with Crippen LogP contribution in [0.3, 0.4) is 0 Å². The van der Waals surface area contributed by atoms with Crippen LogP contribution in [-0.2, 0) is 4.79 Å². The predicted octanol–water partition coefficient (Wildman–Crippen LogP) is 1.78. The number of nitrogens with two attached hydrogens (primary N) is 1. The first kappa shape index (κ1) is 11.5. The highest BCUT2D eigenvalue weighted by atomic mass is 19.1. The zero-order chi connectivity index (χ0) is 11.3. The van der Waals surface area contributed by atoms with Crippen LogP contribution in [0.1, 0.15) is 18.4 Å². The number of amides is 1. The molecule has 0 aromatic heterocycles. The fraction of sp³-hybridized carbons (Fsp3) is 0.364. The van der Waals surface area contributed by atoms with E-state index in [1.54, 1.807) is 25.1 Å². The van der Waals surface area contributed by atoms with E-state index in [-0.39, 0.29) is 23.9 Å². The molecule has 3 nitrogen and oxygen atoms in total. The maximum absolute atomic E-state index is 13.4. The smallest absolute Gasteiger partial charge is 0.217 e. The van der Waals surface area contributed by atoms with Gasteiger partial charge in [0.05, 0.1) is 6.61 Å². The van der Waals surface area contributed by atoms with E-state index < -0.39 is 0 Å².